The predicted molar refractivity (Wildman–Crippen MR) is 56.9 cm³/mol. The quantitative estimate of drug-likeness (QED) is 0.569. The van der Waals surface area contributed by atoms with Gasteiger partial charge in [-0.15, -0.1) is 0 Å². The van der Waals surface area contributed by atoms with Crippen LogP contribution in [0.2, 0.25) is 0 Å². The number of anilines is 1. The zero-order valence-electron chi connectivity index (χ0n) is 6.98. The fourth-order valence-electron chi connectivity index (χ4n) is 0.858. The van der Waals surface area contributed by atoms with Crippen LogP contribution in [0.3, 0.4) is 0 Å². The van der Waals surface area contributed by atoms with E-state index in [0.29, 0.717) is 10.6 Å². The van der Waals surface area contributed by atoms with Gasteiger partial charge in [0, 0.05) is 12.6 Å². The molecule has 1 aromatic rings. The Hall–Kier alpha value is -0.200. The standard InChI is InChI=1S/C8H9NO3S.Na.H/c1-6(10)9-7-2-4-8(5-3-7)13(11)12;;/h2-5H,1H3,(H,9,10)(H,11,12);;. The van der Waals surface area contributed by atoms with E-state index < -0.39 is 11.1 Å². The number of hydrogen-bond donors (Lipinski definition) is 2. The van der Waals surface area contributed by atoms with E-state index in [-0.39, 0.29) is 35.5 Å². The number of carbonyl (C=O) groups excluding carboxylic acids is 1. The number of rotatable bonds is 2. The minimum absolute atomic E-state index is 0. The first kappa shape index (κ1) is 13.8. The average Bonchev–Trinajstić information content (AvgIpc) is 2.04. The van der Waals surface area contributed by atoms with Crippen LogP contribution in [0.5, 0.6) is 0 Å². The van der Waals surface area contributed by atoms with Gasteiger partial charge >= 0.3 is 29.6 Å². The number of hydrogen-bond acceptors (Lipinski definition) is 2. The monoisotopic (exact) mass is 223 g/mol. The van der Waals surface area contributed by atoms with E-state index in [2.05, 4.69) is 5.32 Å². The topological polar surface area (TPSA) is 66.4 Å². The number of benzene rings is 1. The van der Waals surface area contributed by atoms with Crippen LogP contribution in [0.15, 0.2) is 29.2 Å². The van der Waals surface area contributed by atoms with Gasteiger partial charge in [-0.25, -0.2) is 4.21 Å². The fourth-order valence-corrected chi connectivity index (χ4v) is 1.23. The Morgan fingerprint density at radius 2 is 1.86 bits per heavy atom. The summed E-state index contributed by atoms with van der Waals surface area (Å²) < 4.78 is 19.2. The maximum absolute atomic E-state index is 10.6. The molecule has 0 aliphatic heterocycles. The SMILES string of the molecule is CC(=O)Nc1ccc(S(=O)O)cc1.[NaH]. The summed E-state index contributed by atoms with van der Waals surface area (Å²) in [7, 11) is 0. The van der Waals surface area contributed by atoms with Crippen molar-refractivity contribution in [3.05, 3.63) is 24.3 Å². The molecule has 0 fully saturated rings. The molecule has 0 heterocycles. The molecule has 6 heteroatoms. The van der Waals surface area contributed by atoms with Gasteiger partial charge in [0.2, 0.25) is 5.91 Å². The van der Waals surface area contributed by atoms with Crippen molar-refractivity contribution in [3.8, 4) is 0 Å². The Morgan fingerprint density at radius 1 is 1.36 bits per heavy atom. The molecule has 1 amide bonds. The van der Waals surface area contributed by atoms with E-state index in [0.717, 1.165) is 0 Å². The third kappa shape index (κ3) is 4.34. The molecule has 0 bridgehead atoms. The summed E-state index contributed by atoms with van der Waals surface area (Å²) in [5.41, 5.74) is 0.613. The Morgan fingerprint density at radius 3 is 2.21 bits per heavy atom. The molecular formula is C8H10NNaO3S. The molecule has 0 saturated heterocycles. The van der Waals surface area contributed by atoms with Crippen molar-refractivity contribution in [2.45, 2.75) is 11.8 Å². The van der Waals surface area contributed by atoms with E-state index >= 15 is 0 Å². The molecule has 0 aliphatic rings. The summed E-state index contributed by atoms with van der Waals surface area (Å²) >= 11 is -1.96. The van der Waals surface area contributed by atoms with E-state index in [9.17, 15) is 9.00 Å². The molecule has 0 aliphatic carbocycles. The summed E-state index contributed by atoms with van der Waals surface area (Å²) in [6.07, 6.45) is 0. The molecule has 0 saturated carbocycles. The van der Waals surface area contributed by atoms with Crippen molar-refractivity contribution in [1.82, 2.24) is 0 Å². The Kier molecular flexibility index (Phi) is 6.22. The molecule has 4 nitrogen and oxygen atoms in total. The summed E-state index contributed by atoms with van der Waals surface area (Å²) in [5.74, 6) is -0.169. The first-order valence-electron chi connectivity index (χ1n) is 3.58. The van der Waals surface area contributed by atoms with Gasteiger partial charge in [0.05, 0.1) is 4.90 Å². The summed E-state index contributed by atoms with van der Waals surface area (Å²) in [6, 6.07) is 6.12. The van der Waals surface area contributed by atoms with Gasteiger partial charge in [-0.05, 0) is 24.3 Å². The Balaban J connectivity index is 0.00000169. The van der Waals surface area contributed by atoms with Crippen molar-refractivity contribution in [3.63, 3.8) is 0 Å². The van der Waals surface area contributed by atoms with E-state index in [4.69, 9.17) is 4.55 Å². The second-order valence-electron chi connectivity index (χ2n) is 2.45. The second-order valence-corrected chi connectivity index (χ2v) is 3.42. The molecule has 1 rings (SSSR count). The first-order valence-corrected chi connectivity index (χ1v) is 4.69. The van der Waals surface area contributed by atoms with Crippen LogP contribution in [0.1, 0.15) is 6.92 Å². The van der Waals surface area contributed by atoms with Gasteiger partial charge in [-0.3, -0.25) is 4.79 Å². The van der Waals surface area contributed by atoms with Crippen LogP contribution in [0, 0.1) is 0 Å². The molecule has 1 unspecified atom stereocenters. The van der Waals surface area contributed by atoms with E-state index in [1.165, 1.54) is 19.1 Å². The molecule has 72 valence electrons. The van der Waals surface area contributed by atoms with Gasteiger partial charge in [-0.2, -0.15) is 0 Å². The normalized spacial score (nSPS) is 11.3. The number of carbonyl (C=O) groups is 1. The van der Waals surface area contributed by atoms with Crippen LogP contribution in [0.25, 0.3) is 0 Å². The van der Waals surface area contributed by atoms with E-state index in [1.54, 1.807) is 12.1 Å². The number of nitrogens with one attached hydrogen (secondary N) is 1. The molecular weight excluding hydrogens is 213 g/mol. The van der Waals surface area contributed by atoms with Crippen LogP contribution < -0.4 is 5.32 Å². The van der Waals surface area contributed by atoms with Crippen molar-refractivity contribution in [2.75, 3.05) is 5.32 Å². The fraction of sp³-hybridized carbons (Fsp3) is 0.125. The molecule has 2 N–H and O–H groups in total. The van der Waals surface area contributed by atoms with Crippen molar-refractivity contribution >= 4 is 52.2 Å². The average molecular weight is 223 g/mol. The third-order valence-corrected chi connectivity index (χ3v) is 2.05. The third-order valence-electron chi connectivity index (χ3n) is 1.38. The molecule has 0 spiro atoms. The second kappa shape index (κ2) is 6.31. The van der Waals surface area contributed by atoms with Crippen LogP contribution in [-0.4, -0.2) is 44.2 Å². The number of amides is 1. The molecule has 1 atom stereocenters. The van der Waals surface area contributed by atoms with Gasteiger partial charge in [0.1, 0.15) is 0 Å². The van der Waals surface area contributed by atoms with Crippen molar-refractivity contribution in [2.24, 2.45) is 0 Å². The molecule has 14 heavy (non-hydrogen) atoms. The molecule has 0 radical (unpaired) electrons. The molecule has 1 aromatic carbocycles. The van der Waals surface area contributed by atoms with Crippen molar-refractivity contribution in [1.29, 1.82) is 0 Å². The predicted octanol–water partition coefficient (Wildman–Crippen LogP) is 0.577. The Bertz CT molecular complexity index is 339. The van der Waals surface area contributed by atoms with E-state index in [1.807, 2.05) is 0 Å². The first-order chi connectivity index (χ1) is 6.09. The van der Waals surface area contributed by atoms with Gasteiger partial charge in [0.25, 0.3) is 0 Å². The molecule has 0 aromatic heterocycles. The van der Waals surface area contributed by atoms with Crippen LogP contribution in [0.4, 0.5) is 5.69 Å². The Labute approximate surface area is 107 Å². The summed E-state index contributed by atoms with van der Waals surface area (Å²) in [5, 5.41) is 2.55. The van der Waals surface area contributed by atoms with Crippen molar-refractivity contribution < 1.29 is 13.6 Å². The van der Waals surface area contributed by atoms with Gasteiger partial charge < -0.3 is 9.87 Å². The van der Waals surface area contributed by atoms with Crippen LogP contribution in [-0.2, 0) is 15.9 Å². The van der Waals surface area contributed by atoms with Crippen LogP contribution >= 0.6 is 0 Å². The summed E-state index contributed by atoms with van der Waals surface area (Å²) in [4.78, 5) is 10.9. The van der Waals surface area contributed by atoms with Gasteiger partial charge in [0.15, 0.2) is 11.1 Å². The zero-order chi connectivity index (χ0) is 9.84. The summed E-state index contributed by atoms with van der Waals surface area (Å²) in [6.45, 7) is 1.40. The maximum atomic E-state index is 10.6. The van der Waals surface area contributed by atoms with Gasteiger partial charge in [-0.1, -0.05) is 0 Å². The zero-order valence-corrected chi connectivity index (χ0v) is 7.80. The minimum atomic E-state index is -1.96.